The number of aromatic amines is 1. The third kappa shape index (κ3) is 2.52. The molecule has 0 fully saturated rings. The monoisotopic (exact) mass is 338 g/mol. The molecule has 2 aromatic carbocycles. The van der Waals surface area contributed by atoms with Gasteiger partial charge in [-0.3, -0.25) is 0 Å². The van der Waals surface area contributed by atoms with Crippen molar-refractivity contribution in [2.45, 2.75) is 19.3 Å². The fourth-order valence-corrected chi connectivity index (χ4v) is 4.30. The molecule has 0 aliphatic heterocycles. The maximum atomic E-state index is 14.3. The van der Waals surface area contributed by atoms with Crippen molar-refractivity contribution in [2.75, 3.05) is 6.54 Å². The number of thiophene rings is 1. The molecule has 0 saturated heterocycles. The quantitative estimate of drug-likeness (QED) is 0.465. The molecule has 0 aliphatic carbocycles. The molecule has 2 nitrogen and oxygen atoms in total. The molecule has 24 heavy (non-hydrogen) atoms. The van der Waals surface area contributed by atoms with E-state index < -0.39 is 0 Å². The van der Waals surface area contributed by atoms with Gasteiger partial charge in [-0.1, -0.05) is 30.3 Å². The second-order valence-electron chi connectivity index (χ2n) is 6.03. The third-order valence-electron chi connectivity index (χ3n) is 4.52. The first-order valence-electron chi connectivity index (χ1n) is 8.25. The highest BCUT2D eigenvalue weighted by atomic mass is 32.1. The molecule has 0 aliphatic rings. The Morgan fingerprint density at radius 3 is 2.71 bits per heavy atom. The Kier molecular flexibility index (Phi) is 4.08. The average Bonchev–Trinajstić information content (AvgIpc) is 3.18. The highest BCUT2D eigenvalue weighted by Gasteiger charge is 2.17. The molecule has 0 atom stereocenters. The normalized spacial score (nSPS) is 11.6. The van der Waals surface area contributed by atoms with Crippen molar-refractivity contribution >= 4 is 32.3 Å². The van der Waals surface area contributed by atoms with Gasteiger partial charge in [0.2, 0.25) is 0 Å². The summed E-state index contributed by atoms with van der Waals surface area (Å²) in [6.45, 7) is 0.688. The van der Waals surface area contributed by atoms with E-state index in [1.165, 1.54) is 21.7 Å². The Bertz CT molecular complexity index is 999. The molecular weight excluding hydrogens is 319 g/mol. The smallest absolute Gasteiger partial charge is 0.147 e. The van der Waals surface area contributed by atoms with Crippen LogP contribution in [0.5, 0.6) is 0 Å². The molecule has 3 N–H and O–H groups in total. The molecular formula is C20H19FN2S. The van der Waals surface area contributed by atoms with E-state index in [9.17, 15) is 4.39 Å². The second kappa shape index (κ2) is 6.38. The highest BCUT2D eigenvalue weighted by Crippen LogP contribution is 2.38. The minimum atomic E-state index is -0.196. The maximum Gasteiger partial charge on any atom is 0.147 e. The Morgan fingerprint density at radius 1 is 1.00 bits per heavy atom. The minimum absolute atomic E-state index is 0.196. The van der Waals surface area contributed by atoms with Gasteiger partial charge < -0.3 is 10.7 Å². The molecule has 122 valence electrons. The van der Waals surface area contributed by atoms with E-state index in [0.29, 0.717) is 12.1 Å². The van der Waals surface area contributed by atoms with Gasteiger partial charge in [-0.15, -0.1) is 11.3 Å². The number of H-pyrrole nitrogens is 1. The zero-order valence-corrected chi connectivity index (χ0v) is 14.1. The lowest BCUT2D eigenvalue weighted by Gasteiger charge is -2.04. The molecule has 4 heteroatoms. The summed E-state index contributed by atoms with van der Waals surface area (Å²) < 4.78 is 15.5. The molecule has 0 unspecified atom stereocenters. The molecule has 0 saturated carbocycles. The first kappa shape index (κ1) is 15.4. The lowest BCUT2D eigenvalue weighted by molar-refractivity contribution is 0.637. The molecule has 2 heterocycles. The van der Waals surface area contributed by atoms with Crippen LogP contribution in [0, 0.1) is 5.82 Å². The van der Waals surface area contributed by atoms with Gasteiger partial charge in [-0.25, -0.2) is 4.39 Å². The number of aromatic nitrogens is 1. The van der Waals surface area contributed by atoms with Gasteiger partial charge in [0.05, 0.1) is 11.2 Å². The van der Waals surface area contributed by atoms with Crippen LogP contribution in [-0.2, 0) is 6.42 Å². The van der Waals surface area contributed by atoms with Crippen LogP contribution in [0.3, 0.4) is 0 Å². The Morgan fingerprint density at radius 2 is 1.83 bits per heavy atom. The third-order valence-corrected chi connectivity index (χ3v) is 5.49. The van der Waals surface area contributed by atoms with E-state index in [-0.39, 0.29) is 5.82 Å². The summed E-state index contributed by atoms with van der Waals surface area (Å²) in [6, 6.07) is 13.7. The highest BCUT2D eigenvalue weighted by molar-refractivity contribution is 7.17. The summed E-state index contributed by atoms with van der Waals surface area (Å²) in [5.74, 6) is -0.196. The summed E-state index contributed by atoms with van der Waals surface area (Å²) in [6.07, 6.45) is 2.89. The summed E-state index contributed by atoms with van der Waals surface area (Å²) in [4.78, 5) is 3.35. The predicted molar refractivity (Wildman–Crippen MR) is 101 cm³/mol. The fourth-order valence-electron chi connectivity index (χ4n) is 3.34. The molecule has 0 bridgehead atoms. The van der Waals surface area contributed by atoms with Crippen LogP contribution >= 0.6 is 11.3 Å². The number of nitrogens with one attached hydrogen (secondary N) is 1. The number of nitrogens with two attached hydrogens (primary N) is 1. The van der Waals surface area contributed by atoms with Crippen molar-refractivity contribution in [1.29, 1.82) is 0 Å². The van der Waals surface area contributed by atoms with E-state index in [4.69, 9.17) is 5.73 Å². The van der Waals surface area contributed by atoms with Crippen LogP contribution in [-0.4, -0.2) is 11.5 Å². The number of aryl methyl sites for hydroxylation is 1. The lowest BCUT2D eigenvalue weighted by Crippen LogP contribution is -1.99. The van der Waals surface area contributed by atoms with Crippen molar-refractivity contribution in [3.8, 4) is 11.3 Å². The molecule has 4 rings (SSSR count). The topological polar surface area (TPSA) is 41.8 Å². The summed E-state index contributed by atoms with van der Waals surface area (Å²) in [5.41, 5.74) is 9.65. The van der Waals surface area contributed by atoms with Gasteiger partial charge in [0.15, 0.2) is 0 Å². The minimum Gasteiger partial charge on any atom is -0.352 e. The van der Waals surface area contributed by atoms with Crippen LogP contribution in [0.15, 0.2) is 47.8 Å². The first-order chi connectivity index (χ1) is 11.8. The SMILES string of the molecule is NCCCCc1c(-c2csc3ccccc23)[nH]c2c(F)cccc12. The standard InChI is InChI=1S/C20H19FN2S/c21-17-9-5-8-15-14(7-3-4-11-22)19(23-20(15)17)16-12-24-18-10-2-1-6-13(16)18/h1-2,5-6,8-10,12,23H,3-4,7,11,22H2. The fraction of sp³-hybridized carbons (Fsp3) is 0.200. The molecule has 0 radical (unpaired) electrons. The van der Waals surface area contributed by atoms with Crippen LogP contribution in [0.2, 0.25) is 0 Å². The van der Waals surface area contributed by atoms with E-state index in [1.54, 1.807) is 17.4 Å². The number of rotatable bonds is 5. The Balaban J connectivity index is 1.93. The number of hydrogen-bond acceptors (Lipinski definition) is 2. The van der Waals surface area contributed by atoms with Crippen molar-refractivity contribution < 1.29 is 4.39 Å². The van der Waals surface area contributed by atoms with Gasteiger partial charge in [0, 0.05) is 26.4 Å². The molecule has 0 spiro atoms. The number of para-hydroxylation sites is 1. The number of fused-ring (bicyclic) bond motifs is 2. The van der Waals surface area contributed by atoms with Crippen molar-refractivity contribution in [3.05, 3.63) is 59.2 Å². The van der Waals surface area contributed by atoms with Gasteiger partial charge in [-0.05, 0) is 43.5 Å². The van der Waals surface area contributed by atoms with Crippen LogP contribution < -0.4 is 5.73 Å². The van der Waals surface area contributed by atoms with Crippen molar-refractivity contribution in [1.82, 2.24) is 4.98 Å². The number of unbranched alkanes of at least 4 members (excludes halogenated alkanes) is 1. The number of halogens is 1. The number of benzene rings is 2. The maximum absolute atomic E-state index is 14.3. The zero-order chi connectivity index (χ0) is 16.5. The van der Waals surface area contributed by atoms with Gasteiger partial charge in [0.1, 0.15) is 5.82 Å². The van der Waals surface area contributed by atoms with Gasteiger partial charge >= 0.3 is 0 Å². The zero-order valence-electron chi connectivity index (χ0n) is 13.3. The summed E-state index contributed by atoms with van der Waals surface area (Å²) in [5, 5.41) is 4.37. The van der Waals surface area contributed by atoms with E-state index in [0.717, 1.165) is 35.9 Å². The Hall–Kier alpha value is -2.17. The average molecular weight is 338 g/mol. The van der Waals surface area contributed by atoms with Crippen LogP contribution in [0.1, 0.15) is 18.4 Å². The lowest BCUT2D eigenvalue weighted by atomic mass is 10.00. The molecule has 2 aromatic heterocycles. The first-order valence-corrected chi connectivity index (χ1v) is 9.13. The van der Waals surface area contributed by atoms with E-state index in [1.807, 2.05) is 6.07 Å². The van der Waals surface area contributed by atoms with Crippen LogP contribution in [0.4, 0.5) is 4.39 Å². The predicted octanol–water partition coefficient (Wildman–Crippen LogP) is 5.47. The van der Waals surface area contributed by atoms with Gasteiger partial charge in [-0.2, -0.15) is 0 Å². The van der Waals surface area contributed by atoms with E-state index in [2.05, 4.69) is 34.6 Å². The van der Waals surface area contributed by atoms with Crippen molar-refractivity contribution in [2.24, 2.45) is 5.73 Å². The summed E-state index contributed by atoms with van der Waals surface area (Å²) in [7, 11) is 0. The van der Waals surface area contributed by atoms with E-state index >= 15 is 0 Å². The largest absolute Gasteiger partial charge is 0.352 e. The second-order valence-corrected chi connectivity index (χ2v) is 6.94. The number of hydrogen-bond donors (Lipinski definition) is 2. The van der Waals surface area contributed by atoms with Gasteiger partial charge in [0.25, 0.3) is 0 Å². The Labute approximate surface area is 144 Å². The molecule has 4 aromatic rings. The molecule has 0 amide bonds. The van der Waals surface area contributed by atoms with Crippen LogP contribution in [0.25, 0.3) is 32.2 Å². The summed E-state index contributed by atoms with van der Waals surface area (Å²) >= 11 is 1.73. The van der Waals surface area contributed by atoms with Crippen molar-refractivity contribution in [3.63, 3.8) is 0 Å².